The van der Waals surface area contributed by atoms with Crippen LogP contribution >= 0.6 is 0 Å². The second kappa shape index (κ2) is 7.20. The minimum Gasteiger partial charge on any atom is -0.494 e. The maximum Gasteiger partial charge on any atom is 0.228 e. The first-order valence-electron chi connectivity index (χ1n) is 9.17. The zero-order valence-corrected chi connectivity index (χ0v) is 15.7. The van der Waals surface area contributed by atoms with Gasteiger partial charge in [-0.1, -0.05) is 30.3 Å². The lowest BCUT2D eigenvalue weighted by Crippen LogP contribution is -2.31. The average Bonchev–Trinajstić information content (AvgIpc) is 3.04. The Morgan fingerprint density at radius 2 is 1.89 bits per heavy atom. The van der Waals surface area contributed by atoms with Gasteiger partial charge in [0, 0.05) is 11.5 Å². The molecule has 4 rings (SSSR count). The van der Waals surface area contributed by atoms with Crippen LogP contribution in [-0.2, 0) is 0 Å². The molecule has 1 aromatic heterocycles. The lowest BCUT2D eigenvalue weighted by Gasteiger charge is -2.29. The van der Waals surface area contributed by atoms with Gasteiger partial charge in [-0.2, -0.15) is 10.4 Å². The summed E-state index contributed by atoms with van der Waals surface area (Å²) in [7, 11) is 0. The second-order valence-corrected chi connectivity index (χ2v) is 6.60. The monoisotopic (exact) mass is 372 g/mol. The number of benzene rings is 2. The van der Waals surface area contributed by atoms with E-state index in [0.29, 0.717) is 12.5 Å². The van der Waals surface area contributed by atoms with Crippen molar-refractivity contribution in [3.63, 3.8) is 0 Å². The van der Waals surface area contributed by atoms with Crippen molar-refractivity contribution in [3.8, 4) is 23.4 Å². The Labute approximate surface area is 163 Å². The lowest BCUT2D eigenvalue weighted by molar-refractivity contribution is 0.340. The molecule has 1 aliphatic rings. The van der Waals surface area contributed by atoms with Gasteiger partial charge in [0.05, 0.1) is 24.1 Å². The Balaban J connectivity index is 1.86. The van der Waals surface area contributed by atoms with Crippen LogP contribution in [0.15, 0.2) is 54.6 Å². The summed E-state index contributed by atoms with van der Waals surface area (Å²) in [5, 5.41) is 22.7. The lowest BCUT2D eigenvalue weighted by atomic mass is 9.79. The Bertz CT molecular complexity index is 1050. The van der Waals surface area contributed by atoms with Crippen LogP contribution in [0.4, 0.5) is 0 Å². The molecule has 1 aliphatic heterocycles. The quantitative estimate of drug-likeness (QED) is 0.743. The summed E-state index contributed by atoms with van der Waals surface area (Å²) < 4.78 is 13.0. The van der Waals surface area contributed by atoms with Crippen LogP contribution in [-0.4, -0.2) is 22.3 Å². The fourth-order valence-electron chi connectivity index (χ4n) is 3.63. The number of nitrogens with one attached hydrogen (secondary N) is 1. The van der Waals surface area contributed by atoms with Crippen molar-refractivity contribution in [2.75, 3.05) is 6.61 Å². The highest BCUT2D eigenvalue weighted by atomic mass is 16.5. The number of nitrogens with zero attached hydrogens (tertiary/aromatic N) is 3. The van der Waals surface area contributed by atoms with E-state index in [4.69, 9.17) is 14.9 Å². The molecule has 0 radical (unpaired) electrons. The molecule has 0 bridgehead atoms. The number of para-hydroxylation sites is 1. The van der Waals surface area contributed by atoms with E-state index in [-0.39, 0.29) is 11.8 Å². The summed E-state index contributed by atoms with van der Waals surface area (Å²) in [4.78, 5) is 0. The van der Waals surface area contributed by atoms with Gasteiger partial charge in [0.15, 0.2) is 0 Å². The van der Waals surface area contributed by atoms with E-state index >= 15 is 0 Å². The van der Waals surface area contributed by atoms with E-state index in [1.807, 2.05) is 68.4 Å². The van der Waals surface area contributed by atoms with Gasteiger partial charge >= 0.3 is 0 Å². The molecular weight excluding hydrogens is 352 g/mol. The first kappa shape index (κ1) is 17.8. The zero-order valence-electron chi connectivity index (χ0n) is 15.7. The van der Waals surface area contributed by atoms with Crippen molar-refractivity contribution < 1.29 is 9.47 Å². The number of hydrogen-bond acceptors (Lipinski definition) is 5. The Hall–Kier alpha value is -3.59. The Morgan fingerprint density at radius 3 is 2.54 bits per heavy atom. The van der Waals surface area contributed by atoms with Gasteiger partial charge in [0.2, 0.25) is 11.8 Å². The van der Waals surface area contributed by atoms with Crippen LogP contribution in [0, 0.1) is 29.6 Å². The van der Waals surface area contributed by atoms with Gasteiger partial charge in [-0.15, -0.1) is 0 Å². The maximum absolute atomic E-state index is 9.75. The maximum atomic E-state index is 9.75. The number of fused-ring (bicyclic) bond motifs is 1. The summed E-state index contributed by atoms with van der Waals surface area (Å²) in [5.74, 6) is 0.177. The molecule has 2 unspecified atom stereocenters. The number of aryl methyl sites for hydroxylation is 1. The van der Waals surface area contributed by atoms with Crippen molar-refractivity contribution in [2.24, 2.45) is 5.92 Å². The van der Waals surface area contributed by atoms with Crippen LogP contribution < -0.4 is 9.47 Å². The van der Waals surface area contributed by atoms with Gasteiger partial charge in [0.1, 0.15) is 11.7 Å². The highest BCUT2D eigenvalue weighted by Crippen LogP contribution is 2.44. The van der Waals surface area contributed by atoms with Crippen LogP contribution in [0.2, 0.25) is 0 Å². The number of nitriles is 1. The molecule has 2 atom stereocenters. The number of aromatic nitrogens is 2. The van der Waals surface area contributed by atoms with Gasteiger partial charge in [-0.25, -0.2) is 4.68 Å². The molecule has 140 valence electrons. The van der Waals surface area contributed by atoms with E-state index in [1.165, 1.54) is 0 Å². The largest absolute Gasteiger partial charge is 0.494 e. The second-order valence-electron chi connectivity index (χ2n) is 6.60. The highest BCUT2D eigenvalue weighted by molar-refractivity contribution is 5.85. The van der Waals surface area contributed by atoms with Crippen LogP contribution in [0.3, 0.4) is 0 Å². The molecule has 3 aromatic rings. The molecule has 0 aliphatic carbocycles. The molecule has 1 N–H and O–H groups in total. The number of rotatable bonds is 4. The van der Waals surface area contributed by atoms with Crippen molar-refractivity contribution in [1.29, 1.82) is 10.7 Å². The topological polar surface area (TPSA) is 83.9 Å². The fraction of sp³-hybridized carbons (Fsp3) is 0.227. The van der Waals surface area contributed by atoms with Crippen molar-refractivity contribution in [3.05, 3.63) is 71.4 Å². The average molecular weight is 372 g/mol. The van der Waals surface area contributed by atoms with Crippen molar-refractivity contribution in [2.45, 2.75) is 19.8 Å². The van der Waals surface area contributed by atoms with Crippen LogP contribution in [0.25, 0.3) is 5.69 Å². The summed E-state index contributed by atoms with van der Waals surface area (Å²) >= 11 is 0. The standard InChI is InChI=1S/C22H20N4O2/c1-3-27-17-11-9-15(10-12-17)20-18(13-23)21(24)28-22-19(20)14(2)25-26(22)16-7-5-4-6-8-16/h4-12,18,20,24H,3H2,1-2H3. The summed E-state index contributed by atoms with van der Waals surface area (Å²) in [6, 6.07) is 19.6. The Kier molecular flexibility index (Phi) is 4.58. The number of ether oxygens (including phenoxy) is 2. The molecule has 0 saturated carbocycles. The van der Waals surface area contributed by atoms with E-state index in [2.05, 4.69) is 11.2 Å². The summed E-state index contributed by atoms with van der Waals surface area (Å²) in [6.45, 7) is 4.44. The minimum atomic E-state index is -0.711. The minimum absolute atomic E-state index is 0.0639. The first-order valence-corrected chi connectivity index (χ1v) is 9.17. The molecule has 0 spiro atoms. The predicted octanol–water partition coefficient (Wildman–Crippen LogP) is 4.22. The third-order valence-corrected chi connectivity index (χ3v) is 4.89. The highest BCUT2D eigenvalue weighted by Gasteiger charge is 2.41. The molecule has 6 heteroatoms. The molecular formula is C22H20N4O2. The molecule has 0 fully saturated rings. The van der Waals surface area contributed by atoms with Gasteiger partial charge in [-0.3, -0.25) is 5.41 Å². The summed E-state index contributed by atoms with van der Waals surface area (Å²) in [5.41, 5.74) is 3.40. The molecule has 2 aromatic carbocycles. The third-order valence-electron chi connectivity index (χ3n) is 4.89. The molecule has 0 amide bonds. The summed E-state index contributed by atoms with van der Waals surface area (Å²) in [6.07, 6.45) is 0. The molecule has 2 heterocycles. The third kappa shape index (κ3) is 2.91. The Morgan fingerprint density at radius 1 is 1.18 bits per heavy atom. The van der Waals surface area contributed by atoms with Crippen molar-refractivity contribution in [1.82, 2.24) is 9.78 Å². The fourth-order valence-corrected chi connectivity index (χ4v) is 3.63. The van der Waals surface area contributed by atoms with E-state index in [0.717, 1.165) is 28.3 Å². The van der Waals surface area contributed by atoms with Gasteiger partial charge < -0.3 is 9.47 Å². The van der Waals surface area contributed by atoms with Crippen LogP contribution in [0.1, 0.15) is 29.7 Å². The molecule has 0 saturated heterocycles. The normalized spacial score (nSPS) is 18.1. The van der Waals surface area contributed by atoms with Gasteiger partial charge in [-0.05, 0) is 43.7 Å². The van der Waals surface area contributed by atoms with E-state index < -0.39 is 5.92 Å². The van der Waals surface area contributed by atoms with E-state index in [1.54, 1.807) is 4.68 Å². The van der Waals surface area contributed by atoms with E-state index in [9.17, 15) is 5.26 Å². The number of hydrogen-bond donors (Lipinski definition) is 1. The zero-order chi connectivity index (χ0) is 19.7. The van der Waals surface area contributed by atoms with Gasteiger partial charge in [0.25, 0.3) is 0 Å². The smallest absolute Gasteiger partial charge is 0.228 e. The van der Waals surface area contributed by atoms with Crippen LogP contribution in [0.5, 0.6) is 11.6 Å². The molecule has 28 heavy (non-hydrogen) atoms. The first-order chi connectivity index (χ1) is 13.6. The SMILES string of the molecule is CCOc1ccc(C2c3c(C)nn(-c4ccccc4)c3OC(=N)C2C#N)cc1. The van der Waals surface area contributed by atoms with Crippen molar-refractivity contribution >= 4 is 5.90 Å². The molecule has 6 nitrogen and oxygen atoms in total. The predicted molar refractivity (Wildman–Crippen MR) is 105 cm³/mol.